The number of phosphoric ester groups is 1. The maximum absolute atomic E-state index is 10.7. The summed E-state index contributed by atoms with van der Waals surface area (Å²) in [7, 11) is -10.5. The van der Waals surface area contributed by atoms with Crippen LogP contribution in [0.2, 0.25) is 0 Å². The molecule has 0 aliphatic rings. The number of H-pyrrole nitrogens is 1. The van der Waals surface area contributed by atoms with Crippen molar-refractivity contribution >= 4 is 21.6 Å². The lowest BCUT2D eigenvalue weighted by molar-refractivity contribution is -0.147. The molecule has 0 amide bonds. The number of nitrogens with one attached hydrogen (secondary N) is 1. The average molecular weight is 333 g/mol. The fraction of sp³-hybridized carbons (Fsp3) is 0.286. The summed E-state index contributed by atoms with van der Waals surface area (Å²) in [5.74, 6) is -1.79. The van der Waals surface area contributed by atoms with Crippen LogP contribution in [0.25, 0.3) is 0 Å². The van der Waals surface area contributed by atoms with Gasteiger partial charge in [0.05, 0.1) is 6.61 Å². The minimum atomic E-state index is -5.30. The van der Waals surface area contributed by atoms with Gasteiger partial charge < -0.3 is 29.9 Å². The summed E-state index contributed by atoms with van der Waals surface area (Å²) in [4.78, 5) is 38.0. The van der Waals surface area contributed by atoms with E-state index in [-0.39, 0.29) is 0 Å². The number of aliphatic carboxylic acids is 1. The van der Waals surface area contributed by atoms with E-state index in [1.807, 2.05) is 24.5 Å². The van der Waals surface area contributed by atoms with E-state index in [0.29, 0.717) is 0 Å². The van der Waals surface area contributed by atoms with Crippen molar-refractivity contribution in [3.05, 3.63) is 24.5 Å². The third-order valence-corrected chi connectivity index (χ3v) is 3.60. The first-order chi connectivity index (χ1) is 9.07. The highest BCUT2D eigenvalue weighted by molar-refractivity contribution is 7.60. The molecule has 20 heavy (non-hydrogen) atoms. The van der Waals surface area contributed by atoms with Gasteiger partial charge in [-0.15, -0.1) is 0 Å². The number of carbonyl (C=O) groups is 1. The molecule has 13 heteroatoms. The van der Waals surface area contributed by atoms with E-state index in [2.05, 4.69) is 13.8 Å². The molecular formula is C7H13NO10P2. The first-order valence-corrected chi connectivity index (χ1v) is 7.79. The molecule has 0 fully saturated rings. The number of hydrogen-bond acceptors (Lipinski definition) is 6. The molecule has 1 rings (SSSR count). The minimum Gasteiger partial charge on any atom is -0.479 e. The summed E-state index contributed by atoms with van der Waals surface area (Å²) in [5, 5.41) is 16.6. The number of phosphoric acid groups is 2. The second-order valence-electron chi connectivity index (χ2n) is 3.04. The van der Waals surface area contributed by atoms with Gasteiger partial charge in [-0.25, -0.2) is 13.9 Å². The molecule has 1 aromatic rings. The SMILES string of the molecule is O=C(O)C(CO)OP(=O)(O)OP(=O)(O)O.c1cc[nH]c1. The summed E-state index contributed by atoms with van der Waals surface area (Å²) in [5.41, 5.74) is 0. The Morgan fingerprint density at radius 1 is 1.20 bits per heavy atom. The maximum atomic E-state index is 10.7. The Balaban J connectivity index is 0.000000595. The van der Waals surface area contributed by atoms with Crippen molar-refractivity contribution in [1.82, 2.24) is 4.98 Å². The monoisotopic (exact) mass is 333 g/mol. The highest BCUT2D eigenvalue weighted by Crippen LogP contribution is 2.58. The Hall–Kier alpha value is -1.03. The lowest BCUT2D eigenvalue weighted by Crippen LogP contribution is -2.26. The highest BCUT2D eigenvalue weighted by Gasteiger charge is 2.37. The normalized spacial score (nSPS) is 15.6. The van der Waals surface area contributed by atoms with Gasteiger partial charge >= 0.3 is 21.6 Å². The number of carboxylic acids is 1. The Morgan fingerprint density at radius 3 is 1.95 bits per heavy atom. The van der Waals surface area contributed by atoms with Gasteiger partial charge in [-0.3, -0.25) is 4.52 Å². The lowest BCUT2D eigenvalue weighted by atomic mass is 10.4. The summed E-state index contributed by atoms with van der Waals surface area (Å²) >= 11 is 0. The third kappa shape index (κ3) is 9.84. The molecule has 0 radical (unpaired) electrons. The first-order valence-electron chi connectivity index (χ1n) is 4.77. The van der Waals surface area contributed by atoms with Crippen molar-refractivity contribution < 1.29 is 47.7 Å². The van der Waals surface area contributed by atoms with Crippen LogP contribution in [0.5, 0.6) is 0 Å². The topological polar surface area (TPSA) is 187 Å². The number of aliphatic hydroxyl groups excluding tert-OH is 1. The lowest BCUT2D eigenvalue weighted by Gasteiger charge is -2.15. The fourth-order valence-corrected chi connectivity index (χ4v) is 2.46. The van der Waals surface area contributed by atoms with Crippen molar-refractivity contribution in [2.45, 2.75) is 6.10 Å². The molecule has 2 unspecified atom stereocenters. The largest absolute Gasteiger partial charge is 0.482 e. The highest BCUT2D eigenvalue weighted by atomic mass is 31.3. The number of aromatic amines is 1. The Morgan fingerprint density at radius 2 is 1.70 bits per heavy atom. The quantitative estimate of drug-likeness (QED) is 0.376. The number of aliphatic hydroxyl groups is 1. The van der Waals surface area contributed by atoms with Crippen LogP contribution in [-0.4, -0.2) is 48.6 Å². The van der Waals surface area contributed by atoms with Gasteiger partial charge in [0, 0.05) is 12.4 Å². The molecule has 0 aromatic carbocycles. The zero-order chi connectivity index (χ0) is 15.8. The molecule has 0 aliphatic carbocycles. The Labute approximate surface area is 112 Å². The van der Waals surface area contributed by atoms with Crippen molar-refractivity contribution in [3.8, 4) is 0 Å². The number of carboxylic acid groups (broad SMARTS) is 1. The fourth-order valence-electron chi connectivity index (χ4n) is 0.749. The van der Waals surface area contributed by atoms with E-state index < -0.39 is 34.3 Å². The molecular weight excluding hydrogens is 320 g/mol. The van der Waals surface area contributed by atoms with E-state index in [9.17, 15) is 13.9 Å². The second-order valence-corrected chi connectivity index (χ2v) is 5.82. The van der Waals surface area contributed by atoms with Gasteiger partial charge in [0.15, 0.2) is 6.10 Å². The molecule has 0 spiro atoms. The second kappa shape index (κ2) is 8.30. The molecule has 6 N–H and O–H groups in total. The molecule has 0 saturated heterocycles. The standard InChI is InChI=1S/C4H5N.C3H8O10P2/c1-2-4-5-3-1;4-1-2(3(5)6)12-15(10,11)13-14(7,8)9/h1-5H;2,4H,1H2,(H,5,6)(H,10,11)(H2,7,8,9). The summed E-state index contributed by atoms with van der Waals surface area (Å²) in [6, 6.07) is 3.89. The van der Waals surface area contributed by atoms with Crippen LogP contribution < -0.4 is 0 Å². The van der Waals surface area contributed by atoms with E-state index in [0.717, 1.165) is 0 Å². The van der Waals surface area contributed by atoms with Crippen molar-refractivity contribution in [2.24, 2.45) is 0 Å². The zero-order valence-corrected chi connectivity index (χ0v) is 11.6. The van der Waals surface area contributed by atoms with Crippen molar-refractivity contribution in [3.63, 3.8) is 0 Å². The van der Waals surface area contributed by atoms with Gasteiger partial charge in [-0.1, -0.05) is 0 Å². The summed E-state index contributed by atoms with van der Waals surface area (Å²) in [6.45, 7) is -1.16. The molecule has 11 nitrogen and oxygen atoms in total. The Bertz CT molecular complexity index is 465. The number of hydrogen-bond donors (Lipinski definition) is 6. The van der Waals surface area contributed by atoms with Crippen molar-refractivity contribution in [2.75, 3.05) is 6.61 Å². The maximum Gasteiger partial charge on any atom is 0.482 e. The Kier molecular flexibility index (Phi) is 7.87. The van der Waals surface area contributed by atoms with Gasteiger partial charge in [0.25, 0.3) is 0 Å². The van der Waals surface area contributed by atoms with Gasteiger partial charge in [0.2, 0.25) is 0 Å². The smallest absolute Gasteiger partial charge is 0.479 e. The first kappa shape index (κ1) is 19.0. The van der Waals surface area contributed by atoms with E-state index >= 15 is 0 Å². The number of aromatic nitrogens is 1. The van der Waals surface area contributed by atoms with Crippen LogP contribution in [0.15, 0.2) is 24.5 Å². The van der Waals surface area contributed by atoms with E-state index in [1.165, 1.54) is 0 Å². The van der Waals surface area contributed by atoms with Gasteiger partial charge in [-0.05, 0) is 12.1 Å². The van der Waals surface area contributed by atoms with Crippen molar-refractivity contribution in [1.29, 1.82) is 0 Å². The number of rotatable bonds is 6. The van der Waals surface area contributed by atoms with E-state index in [4.69, 9.17) is 24.9 Å². The predicted molar refractivity (Wildman–Crippen MR) is 63.3 cm³/mol. The molecule has 0 aliphatic heterocycles. The van der Waals surface area contributed by atoms with Gasteiger partial charge in [-0.2, -0.15) is 4.31 Å². The van der Waals surface area contributed by atoms with Crippen LogP contribution in [0, 0.1) is 0 Å². The molecule has 1 aromatic heterocycles. The van der Waals surface area contributed by atoms with E-state index in [1.54, 1.807) is 0 Å². The molecule has 0 bridgehead atoms. The van der Waals surface area contributed by atoms with Crippen LogP contribution in [0.4, 0.5) is 0 Å². The van der Waals surface area contributed by atoms with Gasteiger partial charge in [0.1, 0.15) is 0 Å². The predicted octanol–water partition coefficient (Wildman–Crippen LogP) is -0.327. The molecule has 2 atom stereocenters. The minimum absolute atomic E-state index is 1.16. The van der Waals surface area contributed by atoms with Crippen LogP contribution in [-0.2, 0) is 22.8 Å². The summed E-state index contributed by atoms with van der Waals surface area (Å²) < 4.78 is 27.9. The summed E-state index contributed by atoms with van der Waals surface area (Å²) in [6.07, 6.45) is 1.63. The van der Waals surface area contributed by atoms with Crippen LogP contribution >= 0.6 is 15.6 Å². The molecule has 0 saturated carbocycles. The molecule has 1 heterocycles. The molecule has 116 valence electrons. The zero-order valence-electron chi connectivity index (χ0n) is 9.77. The third-order valence-electron chi connectivity index (χ3n) is 1.41. The average Bonchev–Trinajstić information content (AvgIpc) is 2.80. The van der Waals surface area contributed by atoms with Crippen LogP contribution in [0.3, 0.4) is 0 Å². The van der Waals surface area contributed by atoms with Crippen LogP contribution in [0.1, 0.15) is 0 Å².